The van der Waals surface area contributed by atoms with Crippen LogP contribution in [0.4, 0.5) is 18.9 Å². The van der Waals surface area contributed by atoms with Crippen LogP contribution >= 0.6 is 11.6 Å². The number of anilines is 1. The summed E-state index contributed by atoms with van der Waals surface area (Å²) >= 11 is 5.93. The molecule has 0 radical (unpaired) electrons. The molecule has 0 bridgehead atoms. The van der Waals surface area contributed by atoms with E-state index >= 15 is 0 Å². The molecule has 0 atom stereocenters. The summed E-state index contributed by atoms with van der Waals surface area (Å²) < 4.78 is 49.5. The molecule has 26 heavy (non-hydrogen) atoms. The maximum absolute atomic E-state index is 12.8. The lowest BCUT2D eigenvalue weighted by Crippen LogP contribution is -2.47. The lowest BCUT2D eigenvalue weighted by atomic mass is 10.0. The number of nitrogens with zero attached hydrogens (tertiary/aromatic N) is 1. The molecule has 0 unspecified atom stereocenters. The van der Waals surface area contributed by atoms with Gasteiger partial charge in [-0.25, -0.2) is 0 Å². The van der Waals surface area contributed by atoms with Gasteiger partial charge in [0, 0.05) is 38.9 Å². The van der Waals surface area contributed by atoms with Crippen molar-refractivity contribution in [2.24, 2.45) is 0 Å². The second-order valence-electron chi connectivity index (χ2n) is 6.36. The van der Waals surface area contributed by atoms with Crippen LogP contribution in [0.3, 0.4) is 0 Å². The highest BCUT2D eigenvalue weighted by molar-refractivity contribution is 6.33. The minimum atomic E-state index is -4.44. The lowest BCUT2D eigenvalue weighted by molar-refractivity contribution is -0.187. The smallest absolute Gasteiger partial charge is 0.383 e. The van der Waals surface area contributed by atoms with E-state index in [9.17, 15) is 18.0 Å². The Morgan fingerprint density at radius 3 is 2.50 bits per heavy atom. The largest absolute Gasteiger partial charge is 0.416 e. The Morgan fingerprint density at radius 1 is 1.23 bits per heavy atom. The van der Waals surface area contributed by atoms with Crippen molar-refractivity contribution in [1.29, 1.82) is 0 Å². The van der Waals surface area contributed by atoms with Crippen LogP contribution < -0.4 is 5.32 Å². The molecular weight excluding hydrogens is 373 g/mol. The fraction of sp³-hybridized carbons (Fsp3) is 0.588. The third-order valence-corrected chi connectivity index (χ3v) is 4.97. The molecule has 1 aromatic rings. The van der Waals surface area contributed by atoms with Gasteiger partial charge in [-0.15, -0.1) is 0 Å². The molecule has 2 aliphatic rings. The van der Waals surface area contributed by atoms with Crippen molar-refractivity contribution in [3.05, 3.63) is 28.8 Å². The number of hydrogen-bond donors (Lipinski definition) is 1. The van der Waals surface area contributed by atoms with Gasteiger partial charge in [-0.1, -0.05) is 11.6 Å². The molecule has 0 aliphatic carbocycles. The topological polar surface area (TPSA) is 50.8 Å². The van der Waals surface area contributed by atoms with Crippen LogP contribution in [-0.2, 0) is 20.4 Å². The van der Waals surface area contributed by atoms with E-state index in [-0.39, 0.29) is 29.6 Å². The predicted octanol–water partition coefficient (Wildman–Crippen LogP) is 3.53. The number of likely N-dealkylation sites (tertiary alicyclic amines) is 1. The van der Waals surface area contributed by atoms with Crippen LogP contribution in [0, 0.1) is 0 Å². The molecule has 0 aromatic heterocycles. The van der Waals surface area contributed by atoms with Crippen molar-refractivity contribution in [3.63, 3.8) is 0 Å². The van der Waals surface area contributed by atoms with Crippen LogP contribution in [0.15, 0.2) is 18.2 Å². The van der Waals surface area contributed by atoms with E-state index in [1.165, 1.54) is 6.07 Å². The highest BCUT2D eigenvalue weighted by atomic mass is 35.5. The third-order valence-electron chi connectivity index (χ3n) is 4.64. The fourth-order valence-electron chi connectivity index (χ4n) is 3.18. The number of alkyl halides is 3. The van der Waals surface area contributed by atoms with Crippen molar-refractivity contribution >= 4 is 23.2 Å². The van der Waals surface area contributed by atoms with Gasteiger partial charge in [0.15, 0.2) is 5.79 Å². The number of piperidine rings is 1. The molecule has 2 heterocycles. The van der Waals surface area contributed by atoms with Crippen LogP contribution in [0.1, 0.15) is 24.8 Å². The van der Waals surface area contributed by atoms with E-state index in [1.54, 1.807) is 4.90 Å². The number of nitrogens with one attached hydrogen (secondary N) is 1. The van der Waals surface area contributed by atoms with Gasteiger partial charge in [0.25, 0.3) is 0 Å². The summed E-state index contributed by atoms with van der Waals surface area (Å²) in [7, 11) is 0. The standard InChI is InChI=1S/C17H20ClF3N2O3/c18-13-2-1-12(17(19,20)21)11-14(13)22-6-3-15(24)23-7-4-16(5-8-23)25-9-10-26-16/h1-2,11,22H,3-10H2. The van der Waals surface area contributed by atoms with Gasteiger partial charge < -0.3 is 19.7 Å². The number of rotatable bonds is 4. The average Bonchev–Trinajstić information content (AvgIpc) is 3.04. The van der Waals surface area contributed by atoms with Gasteiger partial charge in [-0.05, 0) is 18.2 Å². The number of carbonyl (C=O) groups excluding carboxylic acids is 1. The van der Waals surface area contributed by atoms with E-state index < -0.39 is 17.5 Å². The number of carbonyl (C=O) groups is 1. The van der Waals surface area contributed by atoms with Crippen molar-refractivity contribution in [1.82, 2.24) is 4.90 Å². The maximum atomic E-state index is 12.8. The van der Waals surface area contributed by atoms with Gasteiger partial charge in [0.2, 0.25) is 5.91 Å². The fourth-order valence-corrected chi connectivity index (χ4v) is 3.37. The molecule has 9 heteroatoms. The molecule has 3 rings (SSSR count). The lowest BCUT2D eigenvalue weighted by Gasteiger charge is -2.37. The molecule has 2 fully saturated rings. The quantitative estimate of drug-likeness (QED) is 0.851. The molecule has 2 aliphatic heterocycles. The first-order valence-electron chi connectivity index (χ1n) is 8.45. The second kappa shape index (κ2) is 7.62. The van der Waals surface area contributed by atoms with E-state index in [0.29, 0.717) is 39.1 Å². The van der Waals surface area contributed by atoms with Crippen molar-refractivity contribution in [2.45, 2.75) is 31.2 Å². The van der Waals surface area contributed by atoms with Gasteiger partial charge in [-0.3, -0.25) is 4.79 Å². The maximum Gasteiger partial charge on any atom is 0.416 e. The number of halogens is 4. The highest BCUT2D eigenvalue weighted by Crippen LogP contribution is 2.34. The van der Waals surface area contributed by atoms with E-state index in [2.05, 4.69) is 5.32 Å². The Labute approximate surface area is 154 Å². The van der Waals surface area contributed by atoms with Crippen molar-refractivity contribution in [2.75, 3.05) is 38.2 Å². The summed E-state index contributed by atoms with van der Waals surface area (Å²) in [6.07, 6.45) is -3.01. The molecular formula is C17H20ClF3N2O3. The molecule has 1 amide bonds. The summed E-state index contributed by atoms with van der Waals surface area (Å²) in [6, 6.07) is 3.07. The minimum absolute atomic E-state index is 0.0616. The van der Waals surface area contributed by atoms with E-state index in [1.807, 2.05) is 0 Å². The number of hydrogen-bond acceptors (Lipinski definition) is 4. The molecule has 1 spiro atoms. The van der Waals surface area contributed by atoms with Crippen LogP contribution in [0.2, 0.25) is 5.02 Å². The SMILES string of the molecule is O=C(CCNc1cc(C(F)(F)F)ccc1Cl)N1CCC2(CC1)OCCO2. The monoisotopic (exact) mass is 392 g/mol. The van der Waals surface area contributed by atoms with Crippen molar-refractivity contribution in [3.8, 4) is 0 Å². The van der Waals surface area contributed by atoms with E-state index in [0.717, 1.165) is 12.1 Å². The minimum Gasteiger partial charge on any atom is -0.383 e. The number of amides is 1. The first kappa shape index (κ1) is 19.3. The normalized spacial score (nSPS) is 19.8. The molecule has 1 aromatic carbocycles. The molecule has 2 saturated heterocycles. The molecule has 0 saturated carbocycles. The summed E-state index contributed by atoms with van der Waals surface area (Å²) in [4.78, 5) is 14.0. The van der Waals surface area contributed by atoms with Crippen LogP contribution in [0.5, 0.6) is 0 Å². The van der Waals surface area contributed by atoms with Gasteiger partial charge in [-0.2, -0.15) is 13.2 Å². The predicted molar refractivity (Wildman–Crippen MR) is 90.0 cm³/mol. The highest BCUT2D eigenvalue weighted by Gasteiger charge is 2.40. The summed E-state index contributed by atoms with van der Waals surface area (Å²) in [5.74, 6) is -0.603. The number of benzene rings is 1. The van der Waals surface area contributed by atoms with Gasteiger partial charge >= 0.3 is 6.18 Å². The first-order valence-corrected chi connectivity index (χ1v) is 8.83. The number of ether oxygens (including phenoxy) is 2. The molecule has 144 valence electrons. The zero-order chi connectivity index (χ0) is 18.8. The summed E-state index contributed by atoms with van der Waals surface area (Å²) in [5, 5.41) is 3.00. The van der Waals surface area contributed by atoms with Crippen LogP contribution in [0.25, 0.3) is 0 Å². The van der Waals surface area contributed by atoms with Gasteiger partial charge in [0.1, 0.15) is 0 Å². The summed E-state index contributed by atoms with van der Waals surface area (Å²) in [5.41, 5.74) is -0.617. The Bertz CT molecular complexity index is 653. The van der Waals surface area contributed by atoms with Crippen LogP contribution in [-0.4, -0.2) is 49.4 Å². The second-order valence-corrected chi connectivity index (χ2v) is 6.76. The molecule has 5 nitrogen and oxygen atoms in total. The Balaban J connectivity index is 1.48. The summed E-state index contributed by atoms with van der Waals surface area (Å²) in [6.45, 7) is 2.45. The van der Waals surface area contributed by atoms with E-state index in [4.69, 9.17) is 21.1 Å². The third kappa shape index (κ3) is 4.42. The Kier molecular flexibility index (Phi) is 5.64. The Morgan fingerprint density at radius 2 is 1.88 bits per heavy atom. The zero-order valence-electron chi connectivity index (χ0n) is 14.1. The Hall–Kier alpha value is -1.51. The molecule has 1 N–H and O–H groups in total. The van der Waals surface area contributed by atoms with Gasteiger partial charge in [0.05, 0.1) is 29.5 Å². The average molecular weight is 393 g/mol. The zero-order valence-corrected chi connectivity index (χ0v) is 14.8. The first-order chi connectivity index (χ1) is 12.3. The van der Waals surface area contributed by atoms with Crippen molar-refractivity contribution < 1.29 is 27.4 Å².